The highest BCUT2D eigenvalue weighted by Crippen LogP contribution is 2.29. The molecule has 6 nitrogen and oxygen atoms in total. The fraction of sp³-hybridized carbons (Fsp3) is 0.481. The lowest BCUT2D eigenvalue weighted by Gasteiger charge is -2.31. The Morgan fingerprint density at radius 1 is 0.879 bits per heavy atom. The Hall–Kier alpha value is -3.20. The van der Waals surface area contributed by atoms with E-state index in [-0.39, 0.29) is 18.0 Å². The maximum atomic E-state index is 12.9. The average molecular weight is 453 g/mol. The molecule has 6 heteroatoms. The van der Waals surface area contributed by atoms with Gasteiger partial charge in [0.2, 0.25) is 0 Å². The van der Waals surface area contributed by atoms with Crippen LogP contribution in [0.1, 0.15) is 69.3 Å². The third-order valence-electron chi connectivity index (χ3n) is 5.31. The molecule has 0 fully saturated rings. The molecule has 0 aromatic heterocycles. The van der Waals surface area contributed by atoms with Gasteiger partial charge in [-0.3, -0.25) is 4.79 Å². The Labute approximate surface area is 198 Å². The van der Waals surface area contributed by atoms with Gasteiger partial charge in [-0.15, -0.1) is 0 Å². The van der Waals surface area contributed by atoms with Crippen molar-refractivity contribution < 1.29 is 19.0 Å². The zero-order valence-electron chi connectivity index (χ0n) is 20.5. The van der Waals surface area contributed by atoms with Crippen LogP contribution in [-0.2, 0) is 0 Å². The first-order valence-corrected chi connectivity index (χ1v) is 11.6. The topological polar surface area (TPSA) is 71.8 Å². The van der Waals surface area contributed by atoms with E-state index in [9.17, 15) is 4.79 Å². The third kappa shape index (κ3) is 8.02. The molecule has 33 heavy (non-hydrogen) atoms. The van der Waals surface area contributed by atoms with Crippen LogP contribution >= 0.6 is 0 Å². The summed E-state index contributed by atoms with van der Waals surface area (Å²) in [5.74, 6) is 2.01. The number of amides is 1. The molecule has 0 saturated carbocycles. The van der Waals surface area contributed by atoms with Gasteiger partial charge in [-0.25, -0.2) is 0 Å². The van der Waals surface area contributed by atoms with Crippen LogP contribution in [0.2, 0.25) is 0 Å². The van der Waals surface area contributed by atoms with Gasteiger partial charge in [0.05, 0.1) is 32.0 Å². The van der Waals surface area contributed by atoms with Crippen molar-refractivity contribution in [3.8, 4) is 23.3 Å². The quantitative estimate of drug-likeness (QED) is 0.357. The summed E-state index contributed by atoms with van der Waals surface area (Å²) in [7, 11) is 1.59. The second-order valence-electron chi connectivity index (χ2n) is 8.51. The smallest absolute Gasteiger partial charge is 0.254 e. The lowest BCUT2D eigenvalue weighted by molar-refractivity contribution is 0.0643. The minimum absolute atomic E-state index is 0.00641. The monoisotopic (exact) mass is 452 g/mol. The van der Waals surface area contributed by atoms with E-state index in [1.807, 2.05) is 50.8 Å². The molecule has 0 radical (unpaired) electrons. The second kappa shape index (κ2) is 13.4. The molecule has 2 aromatic rings. The number of methoxy groups -OCH3 is 1. The predicted octanol–water partition coefficient (Wildman–Crippen LogP) is 5.84. The van der Waals surface area contributed by atoms with Crippen molar-refractivity contribution in [1.29, 1.82) is 5.26 Å². The zero-order chi connectivity index (χ0) is 24.2. The van der Waals surface area contributed by atoms with Crippen molar-refractivity contribution in [1.82, 2.24) is 4.90 Å². The van der Waals surface area contributed by atoms with Gasteiger partial charge in [0.15, 0.2) is 11.5 Å². The molecule has 1 amide bonds. The molecule has 0 heterocycles. The first-order chi connectivity index (χ1) is 15.9. The van der Waals surface area contributed by atoms with E-state index in [0.717, 1.165) is 31.4 Å². The van der Waals surface area contributed by atoms with E-state index in [0.29, 0.717) is 35.8 Å². The minimum atomic E-state index is -0.00641. The molecule has 0 aliphatic heterocycles. The minimum Gasteiger partial charge on any atom is -0.494 e. The van der Waals surface area contributed by atoms with E-state index in [2.05, 4.69) is 6.07 Å². The molecule has 0 spiro atoms. The van der Waals surface area contributed by atoms with Gasteiger partial charge in [-0.05, 0) is 95.8 Å². The SMILES string of the molecule is COc1cc(C(=O)N(C(C)C)C(C)C)ccc1OCCCCCCOc1ccc(C#N)cc1. The second-order valence-corrected chi connectivity index (χ2v) is 8.51. The van der Waals surface area contributed by atoms with Gasteiger partial charge in [0.25, 0.3) is 5.91 Å². The molecule has 178 valence electrons. The van der Waals surface area contributed by atoms with Crippen molar-refractivity contribution in [3.63, 3.8) is 0 Å². The van der Waals surface area contributed by atoms with Crippen LogP contribution in [-0.4, -0.2) is 43.2 Å². The third-order valence-corrected chi connectivity index (χ3v) is 5.31. The first-order valence-electron chi connectivity index (χ1n) is 11.6. The molecule has 0 atom stereocenters. The molecular formula is C27H36N2O4. The molecule has 0 aliphatic carbocycles. The number of unbranched alkanes of at least 4 members (excludes halogenated alkanes) is 3. The van der Waals surface area contributed by atoms with Crippen LogP contribution in [0.5, 0.6) is 17.2 Å². The lowest BCUT2D eigenvalue weighted by Crippen LogP contribution is -2.42. The van der Waals surface area contributed by atoms with Gasteiger partial charge in [-0.2, -0.15) is 5.26 Å². The van der Waals surface area contributed by atoms with Crippen LogP contribution in [0, 0.1) is 11.3 Å². The van der Waals surface area contributed by atoms with Crippen molar-refractivity contribution >= 4 is 5.91 Å². The Bertz CT molecular complexity index is 909. The lowest BCUT2D eigenvalue weighted by atomic mass is 10.1. The maximum Gasteiger partial charge on any atom is 0.254 e. The van der Waals surface area contributed by atoms with Gasteiger partial charge in [0, 0.05) is 17.6 Å². The number of ether oxygens (including phenoxy) is 3. The van der Waals surface area contributed by atoms with E-state index in [4.69, 9.17) is 19.5 Å². The predicted molar refractivity (Wildman–Crippen MR) is 130 cm³/mol. The van der Waals surface area contributed by atoms with E-state index < -0.39 is 0 Å². The standard InChI is InChI=1S/C27H36N2O4/c1-20(2)29(21(3)4)27(30)23-12-15-25(26(18-23)31-5)33-17-9-7-6-8-16-32-24-13-10-22(19-28)11-14-24/h10-15,18,20-21H,6-9,16-17H2,1-5H3. The number of nitrogens with zero attached hydrogens (tertiary/aromatic N) is 2. The summed E-state index contributed by atoms with van der Waals surface area (Å²) < 4.78 is 17.1. The van der Waals surface area contributed by atoms with E-state index in [1.165, 1.54) is 0 Å². The Kier molecular flexibility index (Phi) is 10.6. The maximum absolute atomic E-state index is 12.9. The Morgan fingerprint density at radius 3 is 2.03 bits per heavy atom. The summed E-state index contributed by atoms with van der Waals surface area (Å²) in [5, 5.41) is 8.81. The Morgan fingerprint density at radius 2 is 1.48 bits per heavy atom. The summed E-state index contributed by atoms with van der Waals surface area (Å²) in [6, 6.07) is 14.9. The number of hydrogen-bond acceptors (Lipinski definition) is 5. The summed E-state index contributed by atoms with van der Waals surface area (Å²) in [6.07, 6.45) is 3.97. The summed E-state index contributed by atoms with van der Waals surface area (Å²) >= 11 is 0. The van der Waals surface area contributed by atoms with Crippen molar-refractivity contribution in [2.45, 2.75) is 65.5 Å². The Balaban J connectivity index is 1.74. The van der Waals surface area contributed by atoms with Crippen LogP contribution in [0.15, 0.2) is 42.5 Å². The molecule has 0 unspecified atom stereocenters. The molecule has 0 bridgehead atoms. The van der Waals surface area contributed by atoms with Crippen LogP contribution in [0.25, 0.3) is 0 Å². The van der Waals surface area contributed by atoms with Gasteiger partial charge >= 0.3 is 0 Å². The molecule has 0 aliphatic rings. The van der Waals surface area contributed by atoms with Gasteiger partial charge < -0.3 is 19.1 Å². The molecule has 0 saturated heterocycles. The highest BCUT2D eigenvalue weighted by molar-refractivity contribution is 5.95. The number of nitriles is 1. The first kappa shape index (κ1) is 26.1. The fourth-order valence-corrected chi connectivity index (χ4v) is 3.69. The molecular weight excluding hydrogens is 416 g/mol. The summed E-state index contributed by atoms with van der Waals surface area (Å²) in [5.41, 5.74) is 1.23. The van der Waals surface area contributed by atoms with Gasteiger partial charge in [0.1, 0.15) is 5.75 Å². The van der Waals surface area contributed by atoms with Crippen molar-refractivity contribution in [2.75, 3.05) is 20.3 Å². The zero-order valence-corrected chi connectivity index (χ0v) is 20.5. The molecule has 2 rings (SSSR count). The number of carbonyl (C=O) groups excluding carboxylic acids is 1. The normalized spacial score (nSPS) is 10.7. The summed E-state index contributed by atoms with van der Waals surface area (Å²) in [4.78, 5) is 14.8. The largest absolute Gasteiger partial charge is 0.494 e. The van der Waals surface area contributed by atoms with Crippen molar-refractivity contribution in [2.24, 2.45) is 0 Å². The number of rotatable bonds is 13. The van der Waals surface area contributed by atoms with Crippen molar-refractivity contribution in [3.05, 3.63) is 53.6 Å². The van der Waals surface area contributed by atoms with Crippen LogP contribution in [0.3, 0.4) is 0 Å². The number of carbonyl (C=O) groups is 1. The molecule has 2 aromatic carbocycles. The summed E-state index contributed by atoms with van der Waals surface area (Å²) in [6.45, 7) is 9.32. The average Bonchev–Trinajstić information content (AvgIpc) is 2.80. The molecule has 0 N–H and O–H groups in total. The van der Waals surface area contributed by atoms with Gasteiger partial charge in [-0.1, -0.05) is 0 Å². The van der Waals surface area contributed by atoms with E-state index in [1.54, 1.807) is 31.4 Å². The highest BCUT2D eigenvalue weighted by Gasteiger charge is 2.22. The number of benzene rings is 2. The van der Waals surface area contributed by atoms with E-state index >= 15 is 0 Å². The number of hydrogen-bond donors (Lipinski definition) is 0. The van der Waals surface area contributed by atoms with Crippen LogP contribution in [0.4, 0.5) is 0 Å². The highest BCUT2D eigenvalue weighted by atomic mass is 16.5. The van der Waals surface area contributed by atoms with Crippen LogP contribution < -0.4 is 14.2 Å². The fourth-order valence-electron chi connectivity index (χ4n) is 3.69.